The van der Waals surface area contributed by atoms with E-state index in [4.69, 9.17) is 9.15 Å². The lowest BCUT2D eigenvalue weighted by atomic mass is 10.1. The van der Waals surface area contributed by atoms with Crippen LogP contribution in [-0.4, -0.2) is 21.6 Å². The van der Waals surface area contributed by atoms with E-state index in [1.807, 2.05) is 38.1 Å². The summed E-state index contributed by atoms with van der Waals surface area (Å²) < 4.78 is 50.7. The number of hydrogen-bond donors (Lipinski definition) is 0. The monoisotopic (exact) mass is 445 g/mol. The third-order valence-electron chi connectivity index (χ3n) is 4.28. The predicted molar refractivity (Wildman–Crippen MR) is 111 cm³/mol. The number of aromatic nitrogens is 3. The quantitative estimate of drug-likeness (QED) is 0.314. The maximum Gasteiger partial charge on any atom is 0.416 e. The zero-order valence-electron chi connectivity index (χ0n) is 16.7. The molecule has 9 heteroatoms. The van der Waals surface area contributed by atoms with Crippen LogP contribution in [-0.2, 0) is 6.18 Å². The number of benzene rings is 2. The van der Waals surface area contributed by atoms with E-state index in [0.717, 1.165) is 41.4 Å². The van der Waals surface area contributed by atoms with Gasteiger partial charge in [-0.3, -0.25) is 0 Å². The zero-order chi connectivity index (χ0) is 22.0. The average molecular weight is 445 g/mol. The summed E-state index contributed by atoms with van der Waals surface area (Å²) in [5, 5.41) is 0.213. The second kappa shape index (κ2) is 8.58. The fraction of sp³-hybridized carbons (Fsp3) is 0.227. The highest BCUT2D eigenvalue weighted by molar-refractivity contribution is 7.99. The highest BCUT2D eigenvalue weighted by Gasteiger charge is 2.30. The van der Waals surface area contributed by atoms with Crippen LogP contribution in [0.2, 0.25) is 0 Å². The van der Waals surface area contributed by atoms with Crippen LogP contribution in [0.3, 0.4) is 0 Å². The molecular weight excluding hydrogens is 427 g/mol. The van der Waals surface area contributed by atoms with Gasteiger partial charge in [0.05, 0.1) is 12.2 Å². The Labute approximate surface area is 180 Å². The highest BCUT2D eigenvalue weighted by Crippen LogP contribution is 2.35. The number of alkyl halides is 3. The zero-order valence-corrected chi connectivity index (χ0v) is 17.5. The highest BCUT2D eigenvalue weighted by atomic mass is 32.2. The standard InChI is InChI=1S/C22H18F3N3O2S/c1-3-10-29-19-17-20(30-18(26-17)14-7-4-6-13(2)11-14)28-21(27-19)31-16-9-5-8-15(12-16)22(23,24)25/h4-9,11-12H,3,10H2,1-2H3. The smallest absolute Gasteiger partial charge is 0.416 e. The van der Waals surface area contributed by atoms with Crippen molar-refractivity contribution in [1.29, 1.82) is 0 Å². The van der Waals surface area contributed by atoms with E-state index in [0.29, 0.717) is 22.9 Å². The topological polar surface area (TPSA) is 61.0 Å². The normalized spacial score (nSPS) is 11.8. The van der Waals surface area contributed by atoms with Crippen molar-refractivity contribution in [2.45, 2.75) is 36.5 Å². The molecule has 2 aromatic heterocycles. The Balaban J connectivity index is 1.74. The molecule has 0 amide bonds. The summed E-state index contributed by atoms with van der Waals surface area (Å²) in [7, 11) is 0. The van der Waals surface area contributed by atoms with E-state index in [2.05, 4.69) is 15.0 Å². The van der Waals surface area contributed by atoms with Crippen LogP contribution < -0.4 is 4.74 Å². The summed E-state index contributed by atoms with van der Waals surface area (Å²) in [6.07, 6.45) is -3.67. The van der Waals surface area contributed by atoms with Gasteiger partial charge in [-0.2, -0.15) is 23.1 Å². The van der Waals surface area contributed by atoms with Crippen LogP contribution >= 0.6 is 11.8 Å². The van der Waals surface area contributed by atoms with E-state index in [-0.39, 0.29) is 16.7 Å². The number of rotatable bonds is 6. The van der Waals surface area contributed by atoms with Gasteiger partial charge in [0.1, 0.15) is 0 Å². The van der Waals surface area contributed by atoms with E-state index in [1.165, 1.54) is 6.07 Å². The molecule has 0 fully saturated rings. The summed E-state index contributed by atoms with van der Waals surface area (Å²) >= 11 is 0.998. The van der Waals surface area contributed by atoms with Gasteiger partial charge in [0.2, 0.25) is 11.8 Å². The fourth-order valence-corrected chi connectivity index (χ4v) is 3.67. The first-order chi connectivity index (χ1) is 14.8. The number of halogens is 3. The van der Waals surface area contributed by atoms with Crippen LogP contribution in [0.4, 0.5) is 13.2 Å². The van der Waals surface area contributed by atoms with Crippen molar-refractivity contribution in [2.75, 3.05) is 6.61 Å². The van der Waals surface area contributed by atoms with Gasteiger partial charge < -0.3 is 9.15 Å². The summed E-state index contributed by atoms with van der Waals surface area (Å²) in [5.41, 5.74) is 1.69. The van der Waals surface area contributed by atoms with Gasteiger partial charge in [-0.1, -0.05) is 30.7 Å². The molecule has 0 atom stereocenters. The molecule has 0 unspecified atom stereocenters. The Bertz CT molecular complexity index is 1220. The molecule has 5 nitrogen and oxygen atoms in total. The Kier molecular flexibility index (Phi) is 5.86. The molecule has 0 N–H and O–H groups in total. The minimum atomic E-state index is -4.43. The molecule has 0 saturated carbocycles. The summed E-state index contributed by atoms with van der Waals surface area (Å²) in [4.78, 5) is 13.6. The molecule has 4 aromatic rings. The second-order valence-electron chi connectivity index (χ2n) is 6.83. The Morgan fingerprint density at radius 2 is 1.84 bits per heavy atom. The molecule has 2 heterocycles. The number of nitrogens with zero attached hydrogens (tertiary/aromatic N) is 3. The van der Waals surface area contributed by atoms with E-state index in [1.54, 1.807) is 6.07 Å². The third-order valence-corrected chi connectivity index (χ3v) is 5.14. The van der Waals surface area contributed by atoms with Crippen molar-refractivity contribution in [3.8, 4) is 17.3 Å². The lowest BCUT2D eigenvalue weighted by Gasteiger charge is -2.08. The molecule has 0 aliphatic heterocycles. The minimum absolute atomic E-state index is 0.213. The van der Waals surface area contributed by atoms with Crippen molar-refractivity contribution < 1.29 is 22.3 Å². The Hall–Kier alpha value is -3.07. The molecule has 4 rings (SSSR count). The molecule has 160 valence electrons. The molecule has 0 spiro atoms. The molecule has 0 bridgehead atoms. The predicted octanol–water partition coefficient (Wildman–Crippen LogP) is 6.55. The summed E-state index contributed by atoms with van der Waals surface area (Å²) in [5.74, 6) is 0.611. The van der Waals surface area contributed by atoms with Crippen molar-refractivity contribution in [3.63, 3.8) is 0 Å². The third kappa shape index (κ3) is 4.82. The summed E-state index contributed by atoms with van der Waals surface area (Å²) in [6, 6.07) is 12.7. The van der Waals surface area contributed by atoms with Crippen LogP contribution in [0, 0.1) is 6.92 Å². The van der Waals surface area contributed by atoms with Gasteiger partial charge in [-0.05, 0) is 55.4 Å². The van der Waals surface area contributed by atoms with Crippen molar-refractivity contribution in [2.24, 2.45) is 0 Å². The molecule has 0 aliphatic rings. The maximum absolute atomic E-state index is 13.0. The molecule has 31 heavy (non-hydrogen) atoms. The van der Waals surface area contributed by atoms with Crippen molar-refractivity contribution in [3.05, 3.63) is 59.7 Å². The largest absolute Gasteiger partial charge is 0.476 e. The Morgan fingerprint density at radius 1 is 1.03 bits per heavy atom. The Morgan fingerprint density at radius 3 is 2.58 bits per heavy atom. The molecule has 0 radical (unpaired) electrons. The molecule has 0 saturated heterocycles. The van der Waals surface area contributed by atoms with Gasteiger partial charge in [-0.15, -0.1) is 0 Å². The van der Waals surface area contributed by atoms with Gasteiger partial charge in [-0.25, -0.2) is 4.98 Å². The lowest BCUT2D eigenvalue weighted by Crippen LogP contribution is -2.04. The number of aryl methyl sites for hydroxylation is 1. The van der Waals surface area contributed by atoms with Crippen LogP contribution in [0.1, 0.15) is 24.5 Å². The first-order valence-corrected chi connectivity index (χ1v) is 10.4. The maximum atomic E-state index is 13.0. The molecular formula is C22H18F3N3O2S. The van der Waals surface area contributed by atoms with Gasteiger partial charge in [0.25, 0.3) is 5.71 Å². The minimum Gasteiger partial charge on any atom is -0.476 e. The van der Waals surface area contributed by atoms with Gasteiger partial charge in [0.15, 0.2) is 10.7 Å². The number of hydrogen-bond acceptors (Lipinski definition) is 6. The average Bonchev–Trinajstić information content (AvgIpc) is 3.16. The SMILES string of the molecule is CCCOc1nc(Sc2cccc(C(F)(F)F)c2)nc2oc(-c3cccc(C)c3)nc12. The first-order valence-electron chi connectivity index (χ1n) is 9.57. The van der Waals surface area contributed by atoms with Crippen LogP contribution in [0.25, 0.3) is 22.7 Å². The van der Waals surface area contributed by atoms with Crippen LogP contribution in [0.5, 0.6) is 5.88 Å². The number of fused-ring (bicyclic) bond motifs is 1. The molecule has 2 aromatic carbocycles. The number of oxazole rings is 1. The van der Waals surface area contributed by atoms with E-state index in [9.17, 15) is 13.2 Å². The lowest BCUT2D eigenvalue weighted by molar-refractivity contribution is -0.137. The number of ether oxygens (including phenoxy) is 1. The van der Waals surface area contributed by atoms with Crippen molar-refractivity contribution >= 4 is 23.0 Å². The van der Waals surface area contributed by atoms with E-state index >= 15 is 0 Å². The summed E-state index contributed by atoms with van der Waals surface area (Å²) in [6.45, 7) is 4.33. The molecule has 0 aliphatic carbocycles. The van der Waals surface area contributed by atoms with Gasteiger partial charge in [0, 0.05) is 10.5 Å². The van der Waals surface area contributed by atoms with Crippen molar-refractivity contribution in [1.82, 2.24) is 15.0 Å². The fourth-order valence-electron chi connectivity index (χ4n) is 2.87. The second-order valence-corrected chi connectivity index (χ2v) is 7.87. The first kappa shape index (κ1) is 21.2. The van der Waals surface area contributed by atoms with Gasteiger partial charge >= 0.3 is 6.18 Å². The van der Waals surface area contributed by atoms with Crippen LogP contribution in [0.15, 0.2) is 63.0 Å². The van der Waals surface area contributed by atoms with E-state index < -0.39 is 11.7 Å².